The largest absolute Gasteiger partial charge is 0.280 e. The minimum Gasteiger partial charge on any atom is -0.280 e. The number of thiazole rings is 1. The van der Waals surface area contributed by atoms with Crippen LogP contribution in [0, 0.1) is 11.6 Å². The van der Waals surface area contributed by atoms with Crippen molar-refractivity contribution in [1.29, 1.82) is 0 Å². The van der Waals surface area contributed by atoms with Crippen molar-refractivity contribution >= 4 is 49.0 Å². The van der Waals surface area contributed by atoms with E-state index in [4.69, 9.17) is 0 Å². The maximum Gasteiger partial charge on any atom is 0.261 e. The standard InChI is InChI=1S/C14H10F2N2O2S3/c1-21-14-17-12-5-2-8(6-13(12)22-14)18-23(19,20)9-3-4-10(15)11(16)7-9/h2-7,18H,1H3. The van der Waals surface area contributed by atoms with Crippen LogP contribution in [0.5, 0.6) is 0 Å². The van der Waals surface area contributed by atoms with Gasteiger partial charge in [0.25, 0.3) is 10.0 Å². The van der Waals surface area contributed by atoms with Gasteiger partial charge in [-0.05, 0) is 42.7 Å². The molecule has 1 aromatic heterocycles. The Balaban J connectivity index is 1.94. The van der Waals surface area contributed by atoms with Gasteiger partial charge in [-0.25, -0.2) is 22.2 Å². The average Bonchev–Trinajstić information content (AvgIpc) is 2.91. The zero-order valence-electron chi connectivity index (χ0n) is 11.7. The number of rotatable bonds is 4. The van der Waals surface area contributed by atoms with Gasteiger partial charge >= 0.3 is 0 Å². The number of fused-ring (bicyclic) bond motifs is 1. The summed E-state index contributed by atoms with van der Waals surface area (Å²) in [4.78, 5) is 4.02. The van der Waals surface area contributed by atoms with E-state index in [1.54, 1.807) is 18.2 Å². The van der Waals surface area contributed by atoms with Crippen molar-refractivity contribution in [2.24, 2.45) is 0 Å². The van der Waals surface area contributed by atoms with Gasteiger partial charge in [-0.15, -0.1) is 11.3 Å². The van der Waals surface area contributed by atoms with E-state index in [0.29, 0.717) is 11.8 Å². The molecule has 0 spiro atoms. The summed E-state index contributed by atoms with van der Waals surface area (Å²) < 4.78 is 54.7. The maximum absolute atomic E-state index is 13.2. The summed E-state index contributed by atoms with van der Waals surface area (Å²) in [5.74, 6) is -2.31. The molecule has 0 atom stereocenters. The van der Waals surface area contributed by atoms with Crippen LogP contribution in [0.4, 0.5) is 14.5 Å². The summed E-state index contributed by atoms with van der Waals surface area (Å²) in [5, 5.41) is 0. The molecule has 2 aromatic carbocycles. The van der Waals surface area contributed by atoms with Gasteiger partial charge in [0, 0.05) is 0 Å². The maximum atomic E-state index is 13.2. The highest BCUT2D eigenvalue weighted by Crippen LogP contribution is 2.30. The summed E-state index contributed by atoms with van der Waals surface area (Å²) in [7, 11) is -4.00. The molecule has 4 nitrogen and oxygen atoms in total. The van der Waals surface area contributed by atoms with Crippen LogP contribution in [-0.2, 0) is 10.0 Å². The third-order valence-electron chi connectivity index (χ3n) is 3.00. The van der Waals surface area contributed by atoms with Gasteiger partial charge in [0.05, 0.1) is 20.8 Å². The molecular formula is C14H10F2N2O2S3. The van der Waals surface area contributed by atoms with Crippen molar-refractivity contribution in [2.75, 3.05) is 11.0 Å². The van der Waals surface area contributed by atoms with E-state index in [-0.39, 0.29) is 4.90 Å². The van der Waals surface area contributed by atoms with Crippen LogP contribution in [0.15, 0.2) is 45.6 Å². The molecule has 3 aromatic rings. The predicted molar refractivity (Wildman–Crippen MR) is 88.6 cm³/mol. The fraction of sp³-hybridized carbons (Fsp3) is 0.0714. The number of nitrogens with one attached hydrogen (secondary N) is 1. The zero-order valence-corrected chi connectivity index (χ0v) is 14.2. The van der Waals surface area contributed by atoms with Crippen LogP contribution < -0.4 is 4.72 Å². The smallest absolute Gasteiger partial charge is 0.261 e. The molecule has 0 radical (unpaired) electrons. The number of hydrogen-bond acceptors (Lipinski definition) is 5. The monoisotopic (exact) mass is 372 g/mol. The number of halogens is 2. The lowest BCUT2D eigenvalue weighted by molar-refractivity contribution is 0.504. The van der Waals surface area contributed by atoms with Crippen LogP contribution in [-0.4, -0.2) is 19.7 Å². The van der Waals surface area contributed by atoms with Crippen molar-refractivity contribution in [2.45, 2.75) is 9.24 Å². The van der Waals surface area contributed by atoms with Gasteiger partial charge < -0.3 is 0 Å². The van der Waals surface area contributed by atoms with Crippen LogP contribution >= 0.6 is 23.1 Å². The third-order valence-corrected chi connectivity index (χ3v) is 6.38. The quantitative estimate of drug-likeness (QED) is 0.701. The van der Waals surface area contributed by atoms with E-state index >= 15 is 0 Å². The number of nitrogens with zero attached hydrogens (tertiary/aromatic N) is 1. The van der Waals surface area contributed by atoms with E-state index in [9.17, 15) is 17.2 Å². The van der Waals surface area contributed by atoms with Crippen molar-refractivity contribution in [1.82, 2.24) is 4.98 Å². The van der Waals surface area contributed by atoms with Gasteiger partial charge in [0.1, 0.15) is 0 Å². The molecule has 0 unspecified atom stereocenters. The van der Waals surface area contributed by atoms with Crippen molar-refractivity contribution in [3.63, 3.8) is 0 Å². The van der Waals surface area contributed by atoms with Crippen LogP contribution in [0.1, 0.15) is 0 Å². The number of aromatic nitrogens is 1. The highest BCUT2D eigenvalue weighted by atomic mass is 32.2. The number of benzene rings is 2. The Morgan fingerprint density at radius 3 is 2.61 bits per heavy atom. The molecule has 0 aliphatic heterocycles. The normalized spacial score (nSPS) is 11.8. The van der Waals surface area contributed by atoms with Gasteiger partial charge in [0.2, 0.25) is 0 Å². The molecule has 9 heteroatoms. The second-order valence-corrected chi connectivity index (χ2v) is 8.31. The molecule has 120 valence electrons. The lowest BCUT2D eigenvalue weighted by Gasteiger charge is -2.08. The Labute approximate surface area is 139 Å². The Morgan fingerprint density at radius 2 is 1.91 bits per heavy atom. The molecule has 0 aliphatic carbocycles. The van der Waals surface area contributed by atoms with E-state index in [0.717, 1.165) is 26.7 Å². The van der Waals surface area contributed by atoms with Crippen molar-refractivity contribution < 1.29 is 17.2 Å². The highest BCUT2D eigenvalue weighted by Gasteiger charge is 2.17. The highest BCUT2D eigenvalue weighted by molar-refractivity contribution is 8.00. The Kier molecular flexibility index (Phi) is 4.26. The molecule has 3 rings (SSSR count). The summed E-state index contributed by atoms with van der Waals surface area (Å²) in [6.07, 6.45) is 1.91. The molecule has 0 bridgehead atoms. The summed E-state index contributed by atoms with van der Waals surface area (Å²) in [6, 6.07) is 7.37. The Morgan fingerprint density at radius 1 is 1.13 bits per heavy atom. The number of hydrogen-bond donors (Lipinski definition) is 1. The van der Waals surface area contributed by atoms with Crippen molar-refractivity contribution in [3.8, 4) is 0 Å². The van der Waals surface area contributed by atoms with Gasteiger partial charge in [-0.2, -0.15) is 0 Å². The second kappa shape index (κ2) is 6.06. The second-order valence-electron chi connectivity index (χ2n) is 4.55. The summed E-state index contributed by atoms with van der Waals surface area (Å²) in [5.41, 5.74) is 1.11. The van der Waals surface area contributed by atoms with E-state index in [1.807, 2.05) is 6.26 Å². The van der Waals surface area contributed by atoms with Crippen LogP contribution in [0.25, 0.3) is 10.2 Å². The first-order valence-corrected chi connectivity index (χ1v) is 9.84. The molecule has 0 aliphatic rings. The van der Waals surface area contributed by atoms with E-state index in [2.05, 4.69) is 9.71 Å². The van der Waals surface area contributed by atoms with Gasteiger partial charge in [-0.1, -0.05) is 11.8 Å². The van der Waals surface area contributed by atoms with E-state index in [1.165, 1.54) is 23.1 Å². The molecule has 0 fully saturated rings. The third kappa shape index (κ3) is 3.31. The number of sulfonamides is 1. The molecular weight excluding hydrogens is 362 g/mol. The topological polar surface area (TPSA) is 59.1 Å². The SMILES string of the molecule is CSc1nc2ccc(NS(=O)(=O)c3ccc(F)c(F)c3)cc2s1. The summed E-state index contributed by atoms with van der Waals surface area (Å²) in [6.45, 7) is 0. The minimum absolute atomic E-state index is 0.332. The first-order chi connectivity index (χ1) is 10.9. The lowest BCUT2D eigenvalue weighted by atomic mass is 10.3. The number of thioether (sulfide) groups is 1. The van der Waals surface area contributed by atoms with Crippen LogP contribution in [0.2, 0.25) is 0 Å². The van der Waals surface area contributed by atoms with Gasteiger partial charge in [0.15, 0.2) is 16.0 Å². The molecule has 0 amide bonds. The van der Waals surface area contributed by atoms with E-state index < -0.39 is 21.7 Å². The predicted octanol–water partition coefficient (Wildman–Crippen LogP) is 4.10. The van der Waals surface area contributed by atoms with Crippen LogP contribution in [0.3, 0.4) is 0 Å². The van der Waals surface area contributed by atoms with Gasteiger partial charge in [-0.3, -0.25) is 4.72 Å². The fourth-order valence-electron chi connectivity index (χ4n) is 1.91. The molecule has 1 N–H and O–H groups in total. The number of anilines is 1. The Hall–Kier alpha value is -1.71. The lowest BCUT2D eigenvalue weighted by Crippen LogP contribution is -2.13. The molecule has 0 saturated heterocycles. The Bertz CT molecular complexity index is 987. The fourth-order valence-corrected chi connectivity index (χ4v) is 4.50. The van der Waals surface area contributed by atoms with Crippen molar-refractivity contribution in [3.05, 3.63) is 48.0 Å². The zero-order chi connectivity index (χ0) is 16.6. The first kappa shape index (κ1) is 16.2. The minimum atomic E-state index is -4.00. The first-order valence-electron chi connectivity index (χ1n) is 6.31. The molecule has 23 heavy (non-hydrogen) atoms. The molecule has 0 saturated carbocycles. The average molecular weight is 372 g/mol. The summed E-state index contributed by atoms with van der Waals surface area (Å²) >= 11 is 2.95. The molecule has 1 heterocycles.